The highest BCUT2D eigenvalue weighted by atomic mass is 35.5. The summed E-state index contributed by atoms with van der Waals surface area (Å²) < 4.78 is 0. The van der Waals surface area contributed by atoms with Gasteiger partial charge in [-0.25, -0.2) is 0 Å². The molecule has 2 amide bonds. The highest BCUT2D eigenvalue weighted by molar-refractivity contribution is 6.31. The largest absolute Gasteiger partial charge is 0.358 e. The number of halogens is 1. The van der Waals surface area contributed by atoms with Gasteiger partial charge in [0.25, 0.3) is 5.91 Å². The Morgan fingerprint density at radius 1 is 1.00 bits per heavy atom. The second-order valence-corrected chi connectivity index (χ2v) is 5.96. The Labute approximate surface area is 144 Å². The number of anilines is 2. The van der Waals surface area contributed by atoms with Crippen LogP contribution in [0.1, 0.15) is 23.0 Å². The van der Waals surface area contributed by atoms with Crippen LogP contribution in [0.15, 0.2) is 42.5 Å². The van der Waals surface area contributed by atoms with Gasteiger partial charge in [-0.1, -0.05) is 11.6 Å². The number of aromatic nitrogens is 1. The predicted molar refractivity (Wildman–Crippen MR) is 96.7 cm³/mol. The number of benzene rings is 2. The van der Waals surface area contributed by atoms with E-state index >= 15 is 0 Å². The first kappa shape index (κ1) is 16.1. The maximum atomic E-state index is 12.6. The Bertz CT molecular complexity index is 929. The van der Waals surface area contributed by atoms with Crippen LogP contribution in [0, 0.1) is 6.92 Å². The third kappa shape index (κ3) is 3.26. The van der Waals surface area contributed by atoms with E-state index < -0.39 is 0 Å². The van der Waals surface area contributed by atoms with Gasteiger partial charge in [0.1, 0.15) is 0 Å². The lowest BCUT2D eigenvalue weighted by Gasteiger charge is -2.07. The number of amides is 2. The monoisotopic (exact) mass is 341 g/mol. The molecule has 0 fully saturated rings. The van der Waals surface area contributed by atoms with E-state index in [1.165, 1.54) is 6.92 Å². The van der Waals surface area contributed by atoms with Crippen molar-refractivity contribution in [3.63, 3.8) is 0 Å². The molecule has 0 atom stereocenters. The lowest BCUT2D eigenvalue weighted by Crippen LogP contribution is -2.13. The first-order valence-corrected chi connectivity index (χ1v) is 7.78. The van der Waals surface area contributed by atoms with E-state index in [4.69, 9.17) is 11.6 Å². The lowest BCUT2D eigenvalue weighted by molar-refractivity contribution is -0.114. The minimum Gasteiger partial charge on any atom is -0.358 e. The van der Waals surface area contributed by atoms with Crippen LogP contribution in [0.25, 0.3) is 10.9 Å². The van der Waals surface area contributed by atoms with Gasteiger partial charge in [0.05, 0.1) is 5.56 Å². The fourth-order valence-electron chi connectivity index (χ4n) is 2.63. The summed E-state index contributed by atoms with van der Waals surface area (Å²) in [5.41, 5.74) is 3.53. The average Bonchev–Trinajstić information content (AvgIpc) is 2.84. The maximum absolute atomic E-state index is 12.6. The topological polar surface area (TPSA) is 74.0 Å². The maximum Gasteiger partial charge on any atom is 0.258 e. The number of hydrogen-bond acceptors (Lipinski definition) is 2. The molecule has 3 aromatic rings. The lowest BCUT2D eigenvalue weighted by atomic mass is 10.1. The van der Waals surface area contributed by atoms with Crippen molar-refractivity contribution in [2.24, 2.45) is 0 Å². The van der Waals surface area contributed by atoms with Crippen molar-refractivity contribution in [3.8, 4) is 0 Å². The second-order valence-electron chi connectivity index (χ2n) is 5.53. The summed E-state index contributed by atoms with van der Waals surface area (Å²) in [6, 6.07) is 12.3. The first-order valence-electron chi connectivity index (χ1n) is 7.41. The number of nitrogens with one attached hydrogen (secondary N) is 3. The molecule has 3 rings (SSSR count). The number of aryl methyl sites for hydroxylation is 1. The SMILES string of the molecule is CC(=O)Nc1ccc(NC(=O)c2c(C)[nH]c3ccc(Cl)cc23)cc1. The third-order valence-electron chi connectivity index (χ3n) is 3.64. The summed E-state index contributed by atoms with van der Waals surface area (Å²) in [4.78, 5) is 26.9. The predicted octanol–water partition coefficient (Wildman–Crippen LogP) is 4.34. The van der Waals surface area contributed by atoms with Gasteiger partial charge in [0.15, 0.2) is 0 Å². The third-order valence-corrected chi connectivity index (χ3v) is 3.87. The number of carbonyl (C=O) groups is 2. The average molecular weight is 342 g/mol. The number of hydrogen-bond donors (Lipinski definition) is 3. The Hall–Kier alpha value is -2.79. The molecule has 6 heteroatoms. The van der Waals surface area contributed by atoms with Crippen molar-refractivity contribution < 1.29 is 9.59 Å². The number of carbonyl (C=O) groups excluding carboxylic acids is 2. The van der Waals surface area contributed by atoms with E-state index in [2.05, 4.69) is 15.6 Å². The highest BCUT2D eigenvalue weighted by Crippen LogP contribution is 2.26. The summed E-state index contributed by atoms with van der Waals surface area (Å²) in [5.74, 6) is -0.355. The molecule has 0 radical (unpaired) electrons. The molecule has 0 aliphatic heterocycles. The van der Waals surface area contributed by atoms with Crippen LogP contribution in [0.4, 0.5) is 11.4 Å². The zero-order valence-corrected chi connectivity index (χ0v) is 14.0. The van der Waals surface area contributed by atoms with Crippen molar-refractivity contribution in [2.75, 3.05) is 10.6 Å². The molecule has 2 aromatic carbocycles. The van der Waals surface area contributed by atoms with E-state index in [9.17, 15) is 9.59 Å². The van der Waals surface area contributed by atoms with E-state index in [1.807, 2.05) is 13.0 Å². The smallest absolute Gasteiger partial charge is 0.258 e. The van der Waals surface area contributed by atoms with Crippen molar-refractivity contribution in [3.05, 3.63) is 58.7 Å². The van der Waals surface area contributed by atoms with Crippen LogP contribution in [0.5, 0.6) is 0 Å². The van der Waals surface area contributed by atoms with Crippen molar-refractivity contribution in [1.29, 1.82) is 0 Å². The molecular formula is C18H16ClN3O2. The van der Waals surface area contributed by atoms with Crippen molar-refractivity contribution in [2.45, 2.75) is 13.8 Å². The van der Waals surface area contributed by atoms with Crippen LogP contribution in [-0.4, -0.2) is 16.8 Å². The molecule has 1 heterocycles. The number of H-pyrrole nitrogens is 1. The van der Waals surface area contributed by atoms with Gasteiger partial charge in [-0.3, -0.25) is 9.59 Å². The Kier molecular flexibility index (Phi) is 4.27. The standard InChI is InChI=1S/C18H16ClN3O2/c1-10-17(15-9-12(19)3-8-16(15)20-10)18(24)22-14-6-4-13(5-7-14)21-11(2)23/h3-9,20H,1-2H3,(H,21,23)(H,22,24). The molecule has 0 aliphatic carbocycles. The van der Waals surface area contributed by atoms with Crippen LogP contribution in [-0.2, 0) is 4.79 Å². The Morgan fingerprint density at radius 3 is 2.25 bits per heavy atom. The molecule has 0 saturated heterocycles. The highest BCUT2D eigenvalue weighted by Gasteiger charge is 2.16. The minimum absolute atomic E-state index is 0.141. The van der Waals surface area contributed by atoms with Gasteiger partial charge in [-0.15, -0.1) is 0 Å². The normalized spacial score (nSPS) is 10.6. The number of rotatable bonds is 3. The molecule has 0 aliphatic rings. The fraction of sp³-hybridized carbons (Fsp3) is 0.111. The van der Waals surface area contributed by atoms with Crippen molar-refractivity contribution in [1.82, 2.24) is 4.98 Å². The quantitative estimate of drug-likeness (QED) is 0.663. The van der Waals surface area contributed by atoms with Gasteiger partial charge in [0, 0.05) is 39.9 Å². The fourth-order valence-corrected chi connectivity index (χ4v) is 2.80. The van der Waals surface area contributed by atoms with E-state index in [-0.39, 0.29) is 11.8 Å². The zero-order chi connectivity index (χ0) is 17.3. The van der Waals surface area contributed by atoms with Crippen LogP contribution < -0.4 is 10.6 Å². The van der Waals surface area contributed by atoms with Gasteiger partial charge in [-0.2, -0.15) is 0 Å². The van der Waals surface area contributed by atoms with Crippen LogP contribution in [0.2, 0.25) is 5.02 Å². The van der Waals surface area contributed by atoms with Crippen LogP contribution in [0.3, 0.4) is 0 Å². The zero-order valence-electron chi connectivity index (χ0n) is 13.2. The summed E-state index contributed by atoms with van der Waals surface area (Å²) in [5, 5.41) is 6.91. The van der Waals surface area contributed by atoms with Gasteiger partial charge < -0.3 is 15.6 Å². The summed E-state index contributed by atoms with van der Waals surface area (Å²) >= 11 is 6.04. The molecule has 24 heavy (non-hydrogen) atoms. The molecule has 1 aromatic heterocycles. The summed E-state index contributed by atoms with van der Waals surface area (Å²) in [7, 11) is 0. The number of fused-ring (bicyclic) bond motifs is 1. The van der Waals surface area contributed by atoms with E-state index in [0.717, 1.165) is 16.6 Å². The van der Waals surface area contributed by atoms with E-state index in [1.54, 1.807) is 36.4 Å². The molecule has 5 nitrogen and oxygen atoms in total. The van der Waals surface area contributed by atoms with Crippen molar-refractivity contribution >= 4 is 45.7 Å². The van der Waals surface area contributed by atoms with Gasteiger partial charge >= 0.3 is 0 Å². The second kappa shape index (κ2) is 6.37. The van der Waals surface area contributed by atoms with Gasteiger partial charge in [-0.05, 0) is 49.4 Å². The molecule has 0 unspecified atom stereocenters. The minimum atomic E-state index is -0.215. The molecular weight excluding hydrogens is 326 g/mol. The molecule has 122 valence electrons. The van der Waals surface area contributed by atoms with Gasteiger partial charge in [0.2, 0.25) is 5.91 Å². The molecule has 0 spiro atoms. The van der Waals surface area contributed by atoms with Crippen LogP contribution >= 0.6 is 11.6 Å². The summed E-state index contributed by atoms with van der Waals surface area (Å²) in [6.07, 6.45) is 0. The first-order chi connectivity index (χ1) is 11.4. The molecule has 3 N–H and O–H groups in total. The Balaban J connectivity index is 1.86. The Morgan fingerprint density at radius 2 is 1.62 bits per heavy atom. The summed E-state index contributed by atoms with van der Waals surface area (Å²) in [6.45, 7) is 3.29. The number of aromatic amines is 1. The molecule has 0 saturated carbocycles. The molecule has 0 bridgehead atoms. The van der Waals surface area contributed by atoms with E-state index in [0.29, 0.717) is 22.0 Å².